The molecule has 0 aliphatic heterocycles. The Bertz CT molecular complexity index is 760. The molecule has 6 heteroatoms. The minimum absolute atomic E-state index is 0.297. The number of para-hydroxylation sites is 1. The molecule has 1 N–H and O–H groups in total. The normalized spacial score (nSPS) is 9.85. The summed E-state index contributed by atoms with van der Waals surface area (Å²) in [6.07, 6.45) is 1.59. The highest BCUT2D eigenvalue weighted by Gasteiger charge is 2.16. The Morgan fingerprint density at radius 3 is 2.23 bits per heavy atom. The van der Waals surface area contributed by atoms with Crippen LogP contribution in [0.15, 0.2) is 73.3 Å². The van der Waals surface area contributed by atoms with E-state index in [1.807, 2.05) is 18.2 Å². The summed E-state index contributed by atoms with van der Waals surface area (Å²) in [5.74, 6) is -1.44. The van der Waals surface area contributed by atoms with Crippen molar-refractivity contribution < 1.29 is 19.1 Å². The van der Waals surface area contributed by atoms with Crippen LogP contribution >= 0.6 is 0 Å². The summed E-state index contributed by atoms with van der Waals surface area (Å²) < 4.78 is 4.96. The molecule has 0 aliphatic carbocycles. The van der Waals surface area contributed by atoms with Gasteiger partial charge in [-0.2, -0.15) is 0 Å². The van der Waals surface area contributed by atoms with Gasteiger partial charge in [-0.15, -0.1) is 6.58 Å². The molecule has 0 saturated carbocycles. The van der Waals surface area contributed by atoms with E-state index in [1.54, 1.807) is 48.5 Å². The van der Waals surface area contributed by atoms with Gasteiger partial charge in [0.25, 0.3) is 11.8 Å². The van der Waals surface area contributed by atoms with Gasteiger partial charge in [0.15, 0.2) is 6.61 Å². The highest BCUT2D eigenvalue weighted by molar-refractivity contribution is 5.97. The van der Waals surface area contributed by atoms with Gasteiger partial charge in [-0.05, 0) is 24.3 Å². The van der Waals surface area contributed by atoms with E-state index in [0.29, 0.717) is 17.8 Å². The maximum Gasteiger partial charge on any atom is 0.325 e. The highest BCUT2D eigenvalue weighted by Crippen LogP contribution is 2.13. The Morgan fingerprint density at radius 2 is 1.62 bits per heavy atom. The molecule has 134 valence electrons. The van der Waals surface area contributed by atoms with Gasteiger partial charge in [0.05, 0.1) is 0 Å². The summed E-state index contributed by atoms with van der Waals surface area (Å²) in [5.41, 5.74) is 1.13. The van der Waals surface area contributed by atoms with Crippen molar-refractivity contribution in [1.82, 2.24) is 5.32 Å². The van der Waals surface area contributed by atoms with Crippen LogP contribution in [-0.4, -0.2) is 37.5 Å². The summed E-state index contributed by atoms with van der Waals surface area (Å²) in [6.45, 7) is 3.20. The lowest BCUT2D eigenvalue weighted by molar-refractivity contribution is -0.146. The van der Waals surface area contributed by atoms with Crippen molar-refractivity contribution in [2.75, 3.05) is 24.6 Å². The molecule has 2 rings (SSSR count). The fourth-order valence-electron chi connectivity index (χ4n) is 2.20. The van der Waals surface area contributed by atoms with Gasteiger partial charge in [0.1, 0.15) is 6.54 Å². The number of benzene rings is 2. The average molecular weight is 352 g/mol. The maximum atomic E-state index is 12.3. The van der Waals surface area contributed by atoms with Crippen LogP contribution in [0.1, 0.15) is 10.4 Å². The fraction of sp³-hybridized carbons (Fsp3) is 0.150. The molecule has 26 heavy (non-hydrogen) atoms. The van der Waals surface area contributed by atoms with Gasteiger partial charge in [0, 0.05) is 17.8 Å². The first-order chi connectivity index (χ1) is 12.6. The molecule has 2 amide bonds. The highest BCUT2D eigenvalue weighted by atomic mass is 16.5. The number of anilines is 1. The third-order valence-corrected chi connectivity index (χ3v) is 3.47. The predicted octanol–water partition coefficient (Wildman–Crippen LogP) is 2.18. The second kappa shape index (κ2) is 9.78. The molecule has 0 saturated heterocycles. The molecule has 0 heterocycles. The third kappa shape index (κ3) is 5.59. The molecule has 2 aromatic rings. The first-order valence-electron chi connectivity index (χ1n) is 8.07. The second-order valence-electron chi connectivity index (χ2n) is 5.34. The zero-order valence-electron chi connectivity index (χ0n) is 14.3. The minimum Gasteiger partial charge on any atom is -0.454 e. The number of amides is 2. The van der Waals surface area contributed by atoms with E-state index in [2.05, 4.69) is 11.9 Å². The number of nitrogens with one attached hydrogen (secondary N) is 1. The number of hydrogen-bond acceptors (Lipinski definition) is 4. The van der Waals surface area contributed by atoms with Crippen LogP contribution in [0.4, 0.5) is 5.69 Å². The van der Waals surface area contributed by atoms with E-state index < -0.39 is 12.6 Å². The molecule has 0 radical (unpaired) electrons. The number of esters is 1. The van der Waals surface area contributed by atoms with E-state index in [0.717, 1.165) is 0 Å². The molecular formula is C20H20N2O4. The first kappa shape index (κ1) is 18.9. The molecule has 0 atom stereocenters. The lowest BCUT2D eigenvalue weighted by Gasteiger charge is -2.21. The zero-order chi connectivity index (χ0) is 18.8. The van der Waals surface area contributed by atoms with Crippen LogP contribution in [0.2, 0.25) is 0 Å². The fourth-order valence-corrected chi connectivity index (χ4v) is 2.20. The maximum absolute atomic E-state index is 12.3. The van der Waals surface area contributed by atoms with E-state index in [1.165, 1.54) is 4.90 Å². The quantitative estimate of drug-likeness (QED) is 0.584. The van der Waals surface area contributed by atoms with Gasteiger partial charge < -0.3 is 15.0 Å². The molecule has 2 aromatic carbocycles. The van der Waals surface area contributed by atoms with Crippen LogP contribution in [-0.2, 0) is 14.3 Å². The first-order valence-corrected chi connectivity index (χ1v) is 8.07. The van der Waals surface area contributed by atoms with Crippen LogP contribution in [0, 0.1) is 0 Å². The van der Waals surface area contributed by atoms with E-state index in [9.17, 15) is 14.4 Å². The largest absolute Gasteiger partial charge is 0.454 e. The van der Waals surface area contributed by atoms with Crippen molar-refractivity contribution in [3.8, 4) is 0 Å². The molecule has 0 aromatic heterocycles. The number of rotatable bonds is 8. The number of ether oxygens (including phenoxy) is 1. The van der Waals surface area contributed by atoms with Gasteiger partial charge in [-0.1, -0.05) is 42.5 Å². The summed E-state index contributed by atoms with van der Waals surface area (Å²) in [7, 11) is 0. The van der Waals surface area contributed by atoms with Gasteiger partial charge in [0.2, 0.25) is 0 Å². The van der Waals surface area contributed by atoms with Crippen LogP contribution in [0.3, 0.4) is 0 Å². The summed E-state index contributed by atoms with van der Waals surface area (Å²) >= 11 is 0. The van der Waals surface area contributed by atoms with Crippen LogP contribution in [0.25, 0.3) is 0 Å². The Labute approximate surface area is 152 Å². The van der Waals surface area contributed by atoms with E-state index in [-0.39, 0.29) is 18.4 Å². The zero-order valence-corrected chi connectivity index (χ0v) is 14.3. The number of carbonyl (C=O) groups excluding carboxylic acids is 3. The molecule has 0 unspecified atom stereocenters. The van der Waals surface area contributed by atoms with Crippen molar-refractivity contribution in [2.45, 2.75) is 0 Å². The van der Waals surface area contributed by atoms with Gasteiger partial charge in [-0.25, -0.2) is 0 Å². The van der Waals surface area contributed by atoms with Gasteiger partial charge in [-0.3, -0.25) is 14.4 Å². The number of carbonyl (C=O) groups is 3. The van der Waals surface area contributed by atoms with E-state index >= 15 is 0 Å². The lowest BCUT2D eigenvalue weighted by atomic mass is 10.2. The summed E-state index contributed by atoms with van der Waals surface area (Å²) in [6, 6.07) is 17.5. The Morgan fingerprint density at radius 1 is 1.00 bits per heavy atom. The Balaban J connectivity index is 1.82. The molecule has 6 nitrogen and oxygen atoms in total. The standard InChI is InChI=1S/C20H20N2O4/c1-2-13-22(17-11-7-4-8-12-17)18(23)15-26-19(24)14-21-20(25)16-9-5-3-6-10-16/h2-12H,1,13-15H2,(H,21,25). The lowest BCUT2D eigenvalue weighted by Crippen LogP contribution is -2.37. The van der Waals surface area contributed by atoms with Crippen molar-refractivity contribution in [2.24, 2.45) is 0 Å². The van der Waals surface area contributed by atoms with Crippen molar-refractivity contribution in [3.63, 3.8) is 0 Å². The summed E-state index contributed by atoms with van der Waals surface area (Å²) in [5, 5.41) is 2.45. The molecule has 0 fully saturated rings. The molecule has 0 aliphatic rings. The number of nitrogens with zero attached hydrogens (tertiary/aromatic N) is 1. The molecule has 0 bridgehead atoms. The van der Waals surface area contributed by atoms with Gasteiger partial charge >= 0.3 is 5.97 Å². The smallest absolute Gasteiger partial charge is 0.325 e. The summed E-state index contributed by atoms with van der Waals surface area (Å²) in [4.78, 5) is 37.4. The third-order valence-electron chi connectivity index (χ3n) is 3.47. The Kier molecular flexibility index (Phi) is 7.12. The average Bonchev–Trinajstić information content (AvgIpc) is 2.69. The second-order valence-corrected chi connectivity index (χ2v) is 5.34. The van der Waals surface area contributed by atoms with Crippen LogP contribution in [0.5, 0.6) is 0 Å². The van der Waals surface area contributed by atoms with Crippen LogP contribution < -0.4 is 10.2 Å². The number of hydrogen-bond donors (Lipinski definition) is 1. The van der Waals surface area contributed by atoms with E-state index in [4.69, 9.17) is 4.74 Å². The monoisotopic (exact) mass is 352 g/mol. The molecular weight excluding hydrogens is 332 g/mol. The Hall–Kier alpha value is -3.41. The van der Waals surface area contributed by atoms with Crippen molar-refractivity contribution in [1.29, 1.82) is 0 Å². The molecule has 0 spiro atoms. The van der Waals surface area contributed by atoms with Crippen molar-refractivity contribution >= 4 is 23.5 Å². The van der Waals surface area contributed by atoms with Crippen molar-refractivity contribution in [3.05, 3.63) is 78.9 Å². The SMILES string of the molecule is C=CCN(C(=O)COC(=O)CNC(=O)c1ccccc1)c1ccccc1. The predicted molar refractivity (Wildman–Crippen MR) is 98.7 cm³/mol. The minimum atomic E-state index is -0.686. The topological polar surface area (TPSA) is 75.7 Å².